The molecule has 0 aromatic rings. The van der Waals surface area contributed by atoms with Gasteiger partial charge in [-0.1, -0.05) is 157 Å². The van der Waals surface area contributed by atoms with E-state index in [9.17, 15) is 29.4 Å². The molecule has 0 aliphatic rings. The number of rotatable bonds is 33. The average molecular weight is 805 g/mol. The predicted molar refractivity (Wildman–Crippen MR) is 239 cm³/mol. The second-order valence-electron chi connectivity index (χ2n) is 13.0. The number of ketones is 2. The lowest BCUT2D eigenvalue weighted by molar-refractivity contribution is -0.145. The molecular weight excluding hydrogens is 712 g/mol. The first kappa shape index (κ1) is 70.8. The maximum Gasteiger partial charge on any atom is 0.302 e. The first-order chi connectivity index (χ1) is 24.1. The molecule has 10 nitrogen and oxygen atoms in total. The van der Waals surface area contributed by atoms with Crippen molar-refractivity contribution in [3.63, 3.8) is 0 Å². The number of hydrogen-bond acceptors (Lipinski definition) is 8. The highest BCUT2D eigenvalue weighted by molar-refractivity contribution is 5.89. The molecule has 0 aliphatic carbocycles. The van der Waals surface area contributed by atoms with E-state index in [1.54, 1.807) is 0 Å². The second kappa shape index (κ2) is 56.4. The van der Waals surface area contributed by atoms with Gasteiger partial charge < -0.3 is 30.6 Å². The lowest BCUT2D eigenvalue weighted by atomic mass is 10.0. The largest absolute Gasteiger partial charge is 0.463 e. The summed E-state index contributed by atoms with van der Waals surface area (Å²) in [5.41, 5.74) is 0. The summed E-state index contributed by atoms with van der Waals surface area (Å²) in [5.74, 6) is -0.965. The van der Waals surface area contributed by atoms with Crippen molar-refractivity contribution in [1.82, 2.24) is 0 Å². The van der Waals surface area contributed by atoms with Crippen LogP contribution in [-0.2, 0) is 28.7 Å². The van der Waals surface area contributed by atoms with Crippen LogP contribution in [0.3, 0.4) is 0 Å². The molecule has 0 fully saturated rings. The van der Waals surface area contributed by atoms with Gasteiger partial charge in [-0.25, -0.2) is 0 Å². The molecule has 0 aliphatic heterocycles. The number of hydrogen-bond donors (Lipinski definition) is 2. The number of esters is 2. The Hall–Kier alpha value is -2.92. The molecule has 2 atom stereocenters. The van der Waals surface area contributed by atoms with Gasteiger partial charge in [0.2, 0.25) is 0 Å². The van der Waals surface area contributed by atoms with Crippen molar-refractivity contribution in [1.29, 1.82) is 0 Å². The van der Waals surface area contributed by atoms with Crippen LogP contribution in [0.2, 0.25) is 0 Å². The first-order valence-corrected chi connectivity index (χ1v) is 19.4. The number of Topliss-reactive ketones (excluding diaryl/α,β-unsaturated/α-hetero) is 1. The number of ether oxygens (including phenoxy) is 2. The third-order valence-electron chi connectivity index (χ3n) is 7.90. The summed E-state index contributed by atoms with van der Waals surface area (Å²) in [4.78, 5) is 44.5. The number of allylic oxidation sites excluding steroid dienone is 7. The summed E-state index contributed by atoms with van der Waals surface area (Å²) in [6.45, 7) is 8.17. The zero-order valence-corrected chi connectivity index (χ0v) is 32.9. The minimum Gasteiger partial charge on any atom is -0.463 e. The van der Waals surface area contributed by atoms with Gasteiger partial charge in [-0.3, -0.25) is 19.2 Å². The zero-order valence-electron chi connectivity index (χ0n) is 32.9. The van der Waals surface area contributed by atoms with Gasteiger partial charge in [-0.2, -0.15) is 0 Å². The average Bonchev–Trinajstić information content (AvgIpc) is 3.07. The summed E-state index contributed by atoms with van der Waals surface area (Å²) in [6, 6.07) is 0. The van der Waals surface area contributed by atoms with E-state index >= 15 is 0 Å². The molecular formula is C46H92O10. The van der Waals surface area contributed by atoms with Gasteiger partial charge in [-0.05, 0) is 57.4 Å². The Morgan fingerprint density at radius 3 is 1.34 bits per heavy atom. The molecule has 0 unspecified atom stereocenters. The van der Waals surface area contributed by atoms with Gasteiger partial charge in [0, 0.05) is 33.1 Å². The normalized spacial score (nSPS) is 11.2. The number of aliphatic hydroxyl groups is 2. The van der Waals surface area contributed by atoms with Crippen molar-refractivity contribution in [3.05, 3.63) is 49.1 Å². The van der Waals surface area contributed by atoms with E-state index in [1.807, 2.05) is 18.2 Å². The SMILES string of the molecule is C.C.C.C.C=C/C=C/CCCCCCCCCCCC(=O)C[C@@H](O)COC(C)=O.CC/C=C/CCCCCCCCC/C=C/C(=O)C[C@@H](O)COC(C)=O.O.O. The highest BCUT2D eigenvalue weighted by Crippen LogP contribution is 2.13. The highest BCUT2D eigenvalue weighted by Gasteiger charge is 2.12. The van der Waals surface area contributed by atoms with Gasteiger partial charge in [0.25, 0.3) is 0 Å². The van der Waals surface area contributed by atoms with Crippen molar-refractivity contribution in [3.8, 4) is 0 Å². The summed E-state index contributed by atoms with van der Waals surface area (Å²) < 4.78 is 9.34. The van der Waals surface area contributed by atoms with E-state index in [-0.39, 0.29) is 78.3 Å². The topological polar surface area (TPSA) is 190 Å². The van der Waals surface area contributed by atoms with E-state index in [1.165, 1.54) is 110 Å². The Bertz CT molecular complexity index is 942. The van der Waals surface area contributed by atoms with Crippen LogP contribution in [0.15, 0.2) is 49.1 Å². The zero-order chi connectivity index (χ0) is 37.5. The molecule has 0 saturated heterocycles. The van der Waals surface area contributed by atoms with Crippen LogP contribution in [0.1, 0.15) is 198 Å². The molecule has 0 saturated carbocycles. The number of unbranched alkanes of at least 4 members (excludes halogenated alkanes) is 17. The molecule has 0 bridgehead atoms. The molecule has 0 rings (SSSR count). The summed E-state index contributed by atoms with van der Waals surface area (Å²) in [5, 5.41) is 19.1. The van der Waals surface area contributed by atoms with Crippen molar-refractivity contribution in [2.24, 2.45) is 0 Å². The summed E-state index contributed by atoms with van der Waals surface area (Å²) in [7, 11) is 0. The fourth-order valence-corrected chi connectivity index (χ4v) is 5.13. The van der Waals surface area contributed by atoms with E-state index in [0.717, 1.165) is 38.5 Å². The summed E-state index contributed by atoms with van der Waals surface area (Å²) >= 11 is 0. The molecule has 0 aromatic heterocycles. The van der Waals surface area contributed by atoms with Gasteiger partial charge in [0.15, 0.2) is 5.78 Å². The standard InChI is InChI=1S/2C21H36O4.4CH4.2H2O/c2*1-3-4-5-6-7-8-9-10-11-12-13-14-15-16-20(23)17-21(24)18-25-19(2)22;;;;;;/h4-5,15-16,21,24H,3,6-14,17-18H2,1-2H3;3-5,21,24H,1,6-18H2,2H3;4*1H4;2*1H2/b5-4+,16-15+;5-4+;;;;;;/t2*21-;;;;;;/m11....../s1. The molecule has 56 heavy (non-hydrogen) atoms. The number of aliphatic hydroxyl groups excluding tert-OH is 2. The monoisotopic (exact) mass is 805 g/mol. The molecule has 336 valence electrons. The van der Waals surface area contributed by atoms with Crippen LogP contribution in [0, 0.1) is 0 Å². The van der Waals surface area contributed by atoms with Crippen molar-refractivity contribution in [2.45, 2.75) is 210 Å². The number of carbonyl (C=O) groups excluding carboxylic acids is 4. The lowest BCUT2D eigenvalue weighted by Crippen LogP contribution is -2.20. The minimum absolute atomic E-state index is 0. The minimum atomic E-state index is -0.918. The first-order valence-electron chi connectivity index (χ1n) is 19.4. The third-order valence-corrected chi connectivity index (χ3v) is 7.90. The van der Waals surface area contributed by atoms with Gasteiger partial charge >= 0.3 is 11.9 Å². The Balaban J connectivity index is -0.000000124. The molecule has 10 heteroatoms. The van der Waals surface area contributed by atoms with Gasteiger partial charge in [0.05, 0.1) is 12.2 Å². The van der Waals surface area contributed by atoms with Crippen molar-refractivity contribution in [2.75, 3.05) is 13.2 Å². The Morgan fingerprint density at radius 2 is 0.929 bits per heavy atom. The fraction of sp³-hybridized carbons (Fsp3) is 0.739. The smallest absolute Gasteiger partial charge is 0.302 e. The van der Waals surface area contributed by atoms with Crippen LogP contribution in [0.5, 0.6) is 0 Å². The Labute approximate surface area is 345 Å². The van der Waals surface area contributed by atoms with E-state index in [0.29, 0.717) is 6.42 Å². The van der Waals surface area contributed by atoms with E-state index < -0.39 is 24.1 Å². The molecule has 0 radical (unpaired) electrons. The maximum atomic E-state index is 11.7. The van der Waals surface area contributed by atoms with Gasteiger partial charge in [-0.15, -0.1) is 0 Å². The molecule has 0 heterocycles. The van der Waals surface area contributed by atoms with Crippen LogP contribution >= 0.6 is 0 Å². The van der Waals surface area contributed by atoms with Gasteiger partial charge in [0.1, 0.15) is 19.0 Å². The molecule has 0 amide bonds. The Kier molecular flexibility index (Phi) is 71.4. The molecule has 0 spiro atoms. The van der Waals surface area contributed by atoms with E-state index in [2.05, 4.69) is 41.2 Å². The second-order valence-corrected chi connectivity index (χ2v) is 13.0. The third kappa shape index (κ3) is 63.0. The quantitative estimate of drug-likeness (QED) is 0.0215. The molecule has 0 aromatic carbocycles. The highest BCUT2D eigenvalue weighted by atomic mass is 16.5. The van der Waals surface area contributed by atoms with Crippen LogP contribution in [0.4, 0.5) is 0 Å². The Morgan fingerprint density at radius 1 is 0.554 bits per heavy atom. The number of carbonyl (C=O) groups is 4. The predicted octanol–water partition coefficient (Wildman–Crippen LogP) is 10.7. The maximum absolute atomic E-state index is 11.7. The van der Waals surface area contributed by atoms with Crippen LogP contribution in [0.25, 0.3) is 0 Å². The van der Waals surface area contributed by atoms with Crippen molar-refractivity contribution < 1.29 is 49.8 Å². The fourth-order valence-electron chi connectivity index (χ4n) is 5.13. The van der Waals surface area contributed by atoms with Crippen molar-refractivity contribution >= 4 is 23.5 Å². The molecule has 6 N–H and O–H groups in total. The lowest BCUT2D eigenvalue weighted by Gasteiger charge is -2.09. The van der Waals surface area contributed by atoms with Crippen LogP contribution < -0.4 is 0 Å². The van der Waals surface area contributed by atoms with Crippen LogP contribution in [-0.4, -0.2) is 70.1 Å². The van der Waals surface area contributed by atoms with E-state index in [4.69, 9.17) is 0 Å². The summed E-state index contributed by atoms with van der Waals surface area (Å²) in [6.07, 6.45) is 36.7.